The first-order chi connectivity index (χ1) is 9.75. The van der Waals surface area contributed by atoms with Gasteiger partial charge in [0.2, 0.25) is 0 Å². The van der Waals surface area contributed by atoms with Gasteiger partial charge in [-0.15, -0.1) is 0 Å². The number of alkyl halides is 9. The maximum atomic E-state index is 10.7. The SMILES string of the molecule is O=S(=O)([O-])C(F)(F)F.O=S(=O)([O-])C(F)(F)F.O=S(=O)([O-])C(F)(F)F.[Gd+3].[OH3+].[OH3+].[OH3+].[OH3+].[OH3+].[OH3+].[OH3+].[OH3+].[OH3+]. The topological polar surface area (TPSA) is 469 Å². The molecule has 0 aromatic heterocycles. The largest absolute Gasteiger partial charge is 3.00 e. The molecular formula is C3H27F9GdO18S3+9. The van der Waals surface area contributed by atoms with Crippen LogP contribution in [0, 0.1) is 39.9 Å². The molecule has 0 amide bonds. The zero-order valence-electron chi connectivity index (χ0n) is 15.4. The van der Waals surface area contributed by atoms with Crippen LogP contribution in [0.25, 0.3) is 0 Å². The van der Waals surface area contributed by atoms with Crippen molar-refractivity contribution < 1.29 is 168 Å². The van der Waals surface area contributed by atoms with Gasteiger partial charge in [-0.25, -0.2) is 25.3 Å². The summed E-state index contributed by atoms with van der Waals surface area (Å²) in [6, 6.07) is 0. The molecule has 0 aromatic carbocycles. The van der Waals surface area contributed by atoms with Crippen molar-refractivity contribution in [2.45, 2.75) is 16.5 Å². The molecule has 0 rings (SSSR count). The Morgan fingerprint density at radius 3 is 0.382 bits per heavy atom. The summed E-state index contributed by atoms with van der Waals surface area (Å²) in [5, 5.41) is 0. The van der Waals surface area contributed by atoms with Crippen molar-refractivity contribution >= 4 is 30.4 Å². The molecule has 0 saturated carbocycles. The molecule has 0 heterocycles. The van der Waals surface area contributed by atoms with Gasteiger partial charge in [0, 0.05) is 0 Å². The Morgan fingerprint density at radius 2 is 0.382 bits per heavy atom. The van der Waals surface area contributed by atoms with E-state index in [0.29, 0.717) is 0 Å². The van der Waals surface area contributed by atoms with Crippen LogP contribution in [-0.4, -0.2) is 55.4 Å². The Labute approximate surface area is 213 Å². The normalized spacial score (nSPS) is 9.88. The molecule has 0 atom stereocenters. The Bertz CT molecular complexity index is 607. The number of halogens is 9. The van der Waals surface area contributed by atoms with Crippen LogP contribution >= 0.6 is 0 Å². The van der Waals surface area contributed by atoms with Crippen LogP contribution < -0.4 is 0 Å². The molecule has 0 fully saturated rings. The van der Waals surface area contributed by atoms with Crippen LogP contribution in [0.3, 0.4) is 0 Å². The molecular weight excluding hydrogens is 748 g/mol. The molecule has 0 spiro atoms. The Morgan fingerprint density at radius 1 is 0.353 bits per heavy atom. The zero-order valence-corrected chi connectivity index (χ0v) is 20.1. The van der Waals surface area contributed by atoms with Crippen LogP contribution in [0.2, 0.25) is 0 Å². The first-order valence-corrected chi connectivity index (χ1v) is 8.04. The van der Waals surface area contributed by atoms with Crippen molar-refractivity contribution in [3.8, 4) is 0 Å². The summed E-state index contributed by atoms with van der Waals surface area (Å²) in [6.07, 6.45) is 0. The van der Waals surface area contributed by atoms with Gasteiger partial charge in [0.25, 0.3) is 0 Å². The molecule has 0 aliphatic rings. The van der Waals surface area contributed by atoms with E-state index in [2.05, 4.69) is 0 Å². The van der Waals surface area contributed by atoms with E-state index in [1.165, 1.54) is 0 Å². The van der Waals surface area contributed by atoms with Gasteiger partial charge in [0.1, 0.15) is 0 Å². The minimum absolute atomic E-state index is 0. The summed E-state index contributed by atoms with van der Waals surface area (Å²) in [7, 11) is -18.3. The first kappa shape index (κ1) is 83.9. The molecule has 0 unspecified atom stereocenters. The van der Waals surface area contributed by atoms with Crippen LogP contribution in [0.1, 0.15) is 0 Å². The third-order valence-electron chi connectivity index (χ3n) is 0.850. The third kappa shape index (κ3) is 42.2. The number of hydrogen-bond donors (Lipinski definition) is 0. The fourth-order valence-electron chi connectivity index (χ4n) is 0. The molecule has 0 aliphatic heterocycles. The van der Waals surface area contributed by atoms with Crippen LogP contribution in [0.4, 0.5) is 39.5 Å². The minimum Gasteiger partial charge on any atom is -0.741 e. The molecule has 227 valence electrons. The zero-order chi connectivity index (χ0) is 21.0. The summed E-state index contributed by atoms with van der Waals surface area (Å²) < 4.78 is 177. The maximum absolute atomic E-state index is 10.7. The monoisotopic (exact) mass is 776 g/mol. The van der Waals surface area contributed by atoms with E-state index < -0.39 is 46.9 Å². The average Bonchev–Trinajstić information content (AvgIpc) is 2.08. The predicted octanol–water partition coefficient (Wildman–Crippen LogP) is -8.14. The van der Waals surface area contributed by atoms with Gasteiger partial charge >= 0.3 is 56.5 Å². The van der Waals surface area contributed by atoms with Crippen molar-refractivity contribution in [2.24, 2.45) is 0 Å². The fraction of sp³-hybridized carbons (Fsp3) is 1.00. The summed E-state index contributed by atoms with van der Waals surface area (Å²) >= 11 is 0. The minimum atomic E-state index is -6.09. The van der Waals surface area contributed by atoms with Gasteiger partial charge in [0.05, 0.1) is 0 Å². The van der Waals surface area contributed by atoms with Gasteiger partial charge in [-0.3, -0.25) is 0 Å². The van der Waals surface area contributed by atoms with Gasteiger partial charge in [-0.05, 0) is 0 Å². The Balaban J connectivity index is -0.0000000154. The molecule has 0 aliphatic carbocycles. The summed E-state index contributed by atoms with van der Waals surface area (Å²) in [4.78, 5) is 0. The van der Waals surface area contributed by atoms with Crippen LogP contribution in [0.5, 0.6) is 0 Å². The van der Waals surface area contributed by atoms with Crippen molar-refractivity contribution in [1.29, 1.82) is 0 Å². The second kappa shape index (κ2) is 26.1. The molecule has 27 N–H and O–H groups in total. The van der Waals surface area contributed by atoms with Gasteiger partial charge in [-0.2, -0.15) is 39.5 Å². The van der Waals surface area contributed by atoms with Gasteiger partial charge < -0.3 is 62.9 Å². The maximum Gasteiger partial charge on any atom is 3.00 e. The standard InChI is InChI=1S/3CHF3O3S.Gd.9H2O/c3*2-1(3,4)8(5,6)7;;;;;;;;;;/h3*(H,5,6,7);;9*1H2/q;;;+3;;;;;;;;;/p+6. The Hall–Kier alpha value is 0.0647. The van der Waals surface area contributed by atoms with Gasteiger partial charge in [0.15, 0.2) is 30.4 Å². The second-order valence-electron chi connectivity index (χ2n) is 2.70. The van der Waals surface area contributed by atoms with Crippen molar-refractivity contribution in [1.82, 2.24) is 0 Å². The average molecular weight is 776 g/mol. The number of rotatable bonds is 0. The molecule has 0 bridgehead atoms. The molecule has 34 heavy (non-hydrogen) atoms. The molecule has 0 aromatic rings. The summed E-state index contributed by atoms with van der Waals surface area (Å²) in [5.41, 5.74) is -16.9. The van der Waals surface area contributed by atoms with Crippen molar-refractivity contribution in [2.75, 3.05) is 0 Å². The Kier molecular flexibility index (Phi) is 64.5. The molecule has 0 saturated heterocycles. The third-order valence-corrected chi connectivity index (χ3v) is 2.55. The summed E-state index contributed by atoms with van der Waals surface area (Å²) in [5.74, 6) is 0. The van der Waals surface area contributed by atoms with Crippen molar-refractivity contribution in [3.63, 3.8) is 0 Å². The van der Waals surface area contributed by atoms with Crippen molar-refractivity contribution in [3.05, 3.63) is 0 Å². The van der Waals surface area contributed by atoms with E-state index >= 15 is 0 Å². The first-order valence-electron chi connectivity index (χ1n) is 3.81. The van der Waals surface area contributed by atoms with E-state index in [-0.39, 0.29) is 89.2 Å². The van der Waals surface area contributed by atoms with E-state index in [0.717, 1.165) is 0 Å². The smallest absolute Gasteiger partial charge is 0.741 e. The predicted molar refractivity (Wildman–Crippen MR) is 91.1 cm³/mol. The number of hydrogen-bond acceptors (Lipinski definition) is 9. The van der Waals surface area contributed by atoms with E-state index in [1.54, 1.807) is 0 Å². The van der Waals surface area contributed by atoms with E-state index in [1.807, 2.05) is 0 Å². The summed E-state index contributed by atoms with van der Waals surface area (Å²) in [6.45, 7) is 0. The van der Waals surface area contributed by atoms with Crippen LogP contribution in [0.15, 0.2) is 0 Å². The second-order valence-corrected chi connectivity index (χ2v) is 6.81. The fourth-order valence-corrected chi connectivity index (χ4v) is 0. The van der Waals surface area contributed by atoms with Gasteiger partial charge in [-0.1, -0.05) is 0 Å². The van der Waals surface area contributed by atoms with E-state index in [4.69, 9.17) is 38.9 Å². The molecule has 1 radical (unpaired) electrons. The quantitative estimate of drug-likeness (QED) is 0.0974. The van der Waals surface area contributed by atoms with Crippen LogP contribution in [-0.2, 0) is 79.6 Å². The molecule has 18 nitrogen and oxygen atoms in total. The molecule has 31 heteroatoms. The van der Waals surface area contributed by atoms with E-state index in [9.17, 15) is 39.5 Å².